The molecule has 4 nitrogen and oxygen atoms in total. The molecule has 0 heterocycles. The standard InChI is InChI=1S/C16H27N3O/c1-5-14(6-2)19(12-11-17)16(20)13-7-9-15(10-8-13)18(3)4/h7-10,14H,5-6,11-12,17H2,1-4H3. The van der Waals surface area contributed by atoms with Gasteiger partial charge in [0.15, 0.2) is 0 Å². The van der Waals surface area contributed by atoms with Crippen molar-refractivity contribution in [3.05, 3.63) is 29.8 Å². The number of nitrogens with zero attached hydrogens (tertiary/aromatic N) is 2. The van der Waals surface area contributed by atoms with Gasteiger partial charge >= 0.3 is 0 Å². The first-order chi connectivity index (χ1) is 9.54. The Bertz CT molecular complexity index is 410. The molecule has 0 bridgehead atoms. The van der Waals surface area contributed by atoms with E-state index in [1.807, 2.05) is 48.2 Å². The highest BCUT2D eigenvalue weighted by atomic mass is 16.2. The summed E-state index contributed by atoms with van der Waals surface area (Å²) in [7, 11) is 3.98. The lowest BCUT2D eigenvalue weighted by Crippen LogP contribution is -2.42. The maximum absolute atomic E-state index is 12.6. The molecule has 0 saturated heterocycles. The van der Waals surface area contributed by atoms with Gasteiger partial charge in [0.1, 0.15) is 0 Å². The summed E-state index contributed by atoms with van der Waals surface area (Å²) >= 11 is 0. The Balaban J connectivity index is 2.93. The lowest BCUT2D eigenvalue weighted by molar-refractivity contribution is 0.0674. The average Bonchev–Trinajstić information content (AvgIpc) is 2.47. The Morgan fingerprint density at radius 2 is 1.70 bits per heavy atom. The van der Waals surface area contributed by atoms with Crippen molar-refractivity contribution in [1.82, 2.24) is 4.90 Å². The van der Waals surface area contributed by atoms with Gasteiger partial charge < -0.3 is 15.5 Å². The van der Waals surface area contributed by atoms with Gasteiger partial charge in [-0.25, -0.2) is 0 Å². The third-order valence-electron chi connectivity index (χ3n) is 3.64. The molecule has 4 heteroatoms. The largest absolute Gasteiger partial charge is 0.378 e. The fourth-order valence-electron chi connectivity index (χ4n) is 2.39. The zero-order valence-electron chi connectivity index (χ0n) is 13.1. The number of amides is 1. The van der Waals surface area contributed by atoms with Gasteiger partial charge in [-0.2, -0.15) is 0 Å². The monoisotopic (exact) mass is 277 g/mol. The molecule has 0 radical (unpaired) electrons. The number of carbonyl (C=O) groups is 1. The van der Waals surface area contributed by atoms with Gasteiger partial charge in [-0.15, -0.1) is 0 Å². The van der Waals surface area contributed by atoms with E-state index >= 15 is 0 Å². The fraction of sp³-hybridized carbons (Fsp3) is 0.562. The van der Waals surface area contributed by atoms with Crippen LogP contribution in [0.3, 0.4) is 0 Å². The SMILES string of the molecule is CCC(CC)N(CCN)C(=O)c1ccc(N(C)C)cc1. The van der Waals surface area contributed by atoms with Crippen LogP contribution in [0.2, 0.25) is 0 Å². The smallest absolute Gasteiger partial charge is 0.254 e. The molecule has 1 amide bonds. The van der Waals surface area contributed by atoms with Crippen molar-refractivity contribution in [2.75, 3.05) is 32.1 Å². The molecule has 0 aliphatic heterocycles. The van der Waals surface area contributed by atoms with Gasteiger partial charge in [0.25, 0.3) is 5.91 Å². The van der Waals surface area contributed by atoms with Crippen LogP contribution in [0.4, 0.5) is 5.69 Å². The number of benzene rings is 1. The summed E-state index contributed by atoms with van der Waals surface area (Å²) in [5, 5.41) is 0. The van der Waals surface area contributed by atoms with Gasteiger partial charge in [-0.05, 0) is 37.1 Å². The molecule has 1 aromatic rings. The molecule has 0 aliphatic carbocycles. The van der Waals surface area contributed by atoms with Gasteiger partial charge in [-0.1, -0.05) is 13.8 Å². The number of hydrogen-bond donors (Lipinski definition) is 1. The molecule has 1 aromatic carbocycles. The zero-order valence-corrected chi connectivity index (χ0v) is 13.1. The van der Waals surface area contributed by atoms with E-state index in [1.165, 1.54) is 0 Å². The lowest BCUT2D eigenvalue weighted by Gasteiger charge is -2.30. The summed E-state index contributed by atoms with van der Waals surface area (Å²) in [6.07, 6.45) is 1.91. The summed E-state index contributed by atoms with van der Waals surface area (Å²) in [6.45, 7) is 5.33. The van der Waals surface area contributed by atoms with Crippen LogP contribution >= 0.6 is 0 Å². The van der Waals surface area contributed by atoms with Crippen LogP contribution in [0.5, 0.6) is 0 Å². The summed E-state index contributed by atoms with van der Waals surface area (Å²) in [5.74, 6) is 0.0782. The predicted octanol–water partition coefficient (Wildman–Crippen LogP) is 2.34. The molecule has 112 valence electrons. The molecule has 0 aromatic heterocycles. The van der Waals surface area contributed by atoms with Crippen molar-refractivity contribution in [3.63, 3.8) is 0 Å². The predicted molar refractivity (Wildman–Crippen MR) is 85.2 cm³/mol. The van der Waals surface area contributed by atoms with E-state index in [-0.39, 0.29) is 11.9 Å². The topological polar surface area (TPSA) is 49.6 Å². The molecular weight excluding hydrogens is 250 g/mol. The van der Waals surface area contributed by atoms with E-state index in [9.17, 15) is 4.79 Å². The number of rotatable bonds is 7. The van der Waals surface area contributed by atoms with Gasteiger partial charge in [0.2, 0.25) is 0 Å². The minimum atomic E-state index is 0.0782. The number of anilines is 1. The Morgan fingerprint density at radius 3 is 2.10 bits per heavy atom. The quantitative estimate of drug-likeness (QED) is 0.832. The van der Waals surface area contributed by atoms with E-state index in [1.54, 1.807) is 0 Å². The lowest BCUT2D eigenvalue weighted by atomic mass is 10.1. The Morgan fingerprint density at radius 1 is 1.15 bits per heavy atom. The normalized spacial score (nSPS) is 10.7. The van der Waals surface area contributed by atoms with Crippen molar-refractivity contribution in [3.8, 4) is 0 Å². The summed E-state index contributed by atoms with van der Waals surface area (Å²) in [5.41, 5.74) is 7.48. The van der Waals surface area contributed by atoms with Crippen LogP contribution in [-0.2, 0) is 0 Å². The summed E-state index contributed by atoms with van der Waals surface area (Å²) in [4.78, 5) is 16.6. The van der Waals surface area contributed by atoms with Crippen LogP contribution in [0.15, 0.2) is 24.3 Å². The third-order valence-corrected chi connectivity index (χ3v) is 3.64. The summed E-state index contributed by atoms with van der Waals surface area (Å²) < 4.78 is 0. The van der Waals surface area contributed by atoms with Crippen molar-refractivity contribution in [1.29, 1.82) is 0 Å². The highest BCUT2D eigenvalue weighted by molar-refractivity contribution is 5.94. The maximum Gasteiger partial charge on any atom is 0.254 e. The van der Waals surface area contributed by atoms with Crippen LogP contribution in [-0.4, -0.2) is 44.0 Å². The average molecular weight is 277 g/mol. The number of carbonyl (C=O) groups excluding carboxylic acids is 1. The Labute approximate surface area is 122 Å². The van der Waals surface area contributed by atoms with E-state index in [4.69, 9.17) is 5.73 Å². The second kappa shape index (κ2) is 7.90. The van der Waals surface area contributed by atoms with Gasteiger partial charge in [-0.3, -0.25) is 4.79 Å². The zero-order chi connectivity index (χ0) is 15.1. The molecule has 0 unspecified atom stereocenters. The number of hydrogen-bond acceptors (Lipinski definition) is 3. The van der Waals surface area contributed by atoms with Crippen molar-refractivity contribution < 1.29 is 4.79 Å². The minimum Gasteiger partial charge on any atom is -0.378 e. The molecule has 1 rings (SSSR count). The molecule has 0 fully saturated rings. The van der Waals surface area contributed by atoms with Crippen LogP contribution < -0.4 is 10.6 Å². The fourth-order valence-corrected chi connectivity index (χ4v) is 2.39. The summed E-state index contributed by atoms with van der Waals surface area (Å²) in [6, 6.07) is 7.99. The Kier molecular flexibility index (Phi) is 6.52. The Hall–Kier alpha value is -1.55. The van der Waals surface area contributed by atoms with E-state index in [0.717, 1.165) is 24.1 Å². The molecule has 0 aliphatic rings. The van der Waals surface area contributed by atoms with Crippen LogP contribution in [0, 0.1) is 0 Å². The molecule has 20 heavy (non-hydrogen) atoms. The highest BCUT2D eigenvalue weighted by Gasteiger charge is 2.21. The highest BCUT2D eigenvalue weighted by Crippen LogP contribution is 2.16. The second-order valence-corrected chi connectivity index (χ2v) is 5.20. The first-order valence-corrected chi connectivity index (χ1v) is 7.33. The molecule has 2 N–H and O–H groups in total. The second-order valence-electron chi connectivity index (χ2n) is 5.20. The van der Waals surface area contributed by atoms with Crippen molar-refractivity contribution in [2.24, 2.45) is 5.73 Å². The molecule has 0 saturated carbocycles. The van der Waals surface area contributed by atoms with E-state index in [2.05, 4.69) is 13.8 Å². The third kappa shape index (κ3) is 3.97. The first kappa shape index (κ1) is 16.5. The minimum absolute atomic E-state index is 0.0782. The van der Waals surface area contributed by atoms with Crippen molar-refractivity contribution >= 4 is 11.6 Å². The van der Waals surface area contributed by atoms with Crippen molar-refractivity contribution in [2.45, 2.75) is 32.7 Å². The first-order valence-electron chi connectivity index (χ1n) is 7.33. The molecule has 0 spiro atoms. The van der Waals surface area contributed by atoms with Crippen LogP contribution in [0.25, 0.3) is 0 Å². The van der Waals surface area contributed by atoms with E-state index in [0.29, 0.717) is 13.1 Å². The van der Waals surface area contributed by atoms with Crippen LogP contribution in [0.1, 0.15) is 37.0 Å². The van der Waals surface area contributed by atoms with E-state index < -0.39 is 0 Å². The molecular formula is C16H27N3O. The maximum atomic E-state index is 12.6. The van der Waals surface area contributed by atoms with Gasteiger partial charge in [0.05, 0.1) is 0 Å². The number of nitrogens with two attached hydrogens (primary N) is 1. The van der Waals surface area contributed by atoms with Gasteiger partial charge in [0, 0.05) is 44.5 Å². The molecule has 0 atom stereocenters.